The van der Waals surface area contributed by atoms with E-state index in [2.05, 4.69) is 60.0 Å². The molecule has 9 nitrogen and oxygen atoms in total. The van der Waals surface area contributed by atoms with E-state index in [1.165, 1.54) is 12.7 Å². The van der Waals surface area contributed by atoms with Gasteiger partial charge in [0.15, 0.2) is 17.7 Å². The van der Waals surface area contributed by atoms with Gasteiger partial charge in [-0.3, -0.25) is 4.57 Å². The van der Waals surface area contributed by atoms with Crippen LogP contribution in [0.2, 0.25) is 5.04 Å². The van der Waals surface area contributed by atoms with E-state index in [-0.39, 0.29) is 17.5 Å². The van der Waals surface area contributed by atoms with Crippen LogP contribution in [-0.2, 0) is 9.16 Å². The number of nitrogens with zero attached hydrogens (tertiary/aromatic N) is 4. The minimum Gasteiger partial charge on any atom is -0.405 e. The number of rotatable bonds is 6. The molecule has 2 aromatic carbocycles. The fraction of sp³-hybridized carbons (Fsp3) is 0.346. The molecule has 4 aromatic rings. The minimum absolute atomic E-state index is 0.103. The van der Waals surface area contributed by atoms with Crippen molar-refractivity contribution in [3.63, 3.8) is 0 Å². The molecule has 4 N–H and O–H groups in total. The molecule has 36 heavy (non-hydrogen) atoms. The highest BCUT2D eigenvalue weighted by Gasteiger charge is 2.52. The lowest BCUT2D eigenvalue weighted by Gasteiger charge is -2.43. The molecule has 1 fully saturated rings. The van der Waals surface area contributed by atoms with E-state index >= 15 is 0 Å². The number of hydrogen-bond donors (Lipinski definition) is 3. The first-order chi connectivity index (χ1) is 17.2. The van der Waals surface area contributed by atoms with Crippen LogP contribution in [0.4, 0.5) is 5.82 Å². The van der Waals surface area contributed by atoms with E-state index in [1.807, 2.05) is 36.4 Å². The average molecular weight is 506 g/mol. The quantitative estimate of drug-likeness (QED) is 0.337. The minimum atomic E-state index is -2.84. The number of aliphatic hydroxyl groups excluding tert-OH is 2. The van der Waals surface area contributed by atoms with Crippen molar-refractivity contribution in [1.29, 1.82) is 0 Å². The summed E-state index contributed by atoms with van der Waals surface area (Å²) in [6.45, 7) is 6.66. The Labute approximate surface area is 210 Å². The lowest BCUT2D eigenvalue weighted by atomic mass is 10.1. The van der Waals surface area contributed by atoms with Crippen LogP contribution in [0.3, 0.4) is 0 Å². The largest absolute Gasteiger partial charge is 0.405 e. The van der Waals surface area contributed by atoms with Crippen LogP contribution in [0.5, 0.6) is 0 Å². The standard InChI is InChI=1S/C26H31N5O4Si/c1-26(2,3)36(17-10-6-4-7-11-17,18-12-8-5-9-13-18)34-14-19-21(32)22(33)25(35-19)31-16-30-20-23(27)28-15-29-24(20)31/h4-13,15-16,19,21-22,25,32-33H,14H2,1-3H3,(H2,27,28,29)/t19-,21-,22-,25-/m1/s1. The molecule has 188 valence electrons. The van der Waals surface area contributed by atoms with Crippen molar-refractivity contribution < 1.29 is 19.4 Å². The first-order valence-corrected chi connectivity index (χ1v) is 13.8. The third kappa shape index (κ3) is 4.00. The van der Waals surface area contributed by atoms with Gasteiger partial charge in [0.1, 0.15) is 30.2 Å². The Bertz CT molecular complexity index is 1290. The second-order valence-corrected chi connectivity index (χ2v) is 14.4. The van der Waals surface area contributed by atoms with Crippen LogP contribution in [0.1, 0.15) is 27.0 Å². The molecule has 0 radical (unpaired) electrons. The zero-order valence-corrected chi connectivity index (χ0v) is 21.5. The Morgan fingerprint density at radius 3 is 2.14 bits per heavy atom. The Kier molecular flexibility index (Phi) is 6.39. The maximum Gasteiger partial charge on any atom is 0.261 e. The van der Waals surface area contributed by atoms with Crippen molar-refractivity contribution in [2.45, 2.75) is 50.3 Å². The third-order valence-corrected chi connectivity index (χ3v) is 11.9. The number of nitrogen functional groups attached to an aromatic ring is 1. The van der Waals surface area contributed by atoms with Gasteiger partial charge in [-0.05, 0) is 15.4 Å². The zero-order chi connectivity index (χ0) is 25.5. The molecule has 3 heterocycles. The molecule has 0 saturated carbocycles. The van der Waals surface area contributed by atoms with Crippen molar-refractivity contribution >= 4 is 35.7 Å². The van der Waals surface area contributed by atoms with Crippen LogP contribution in [0.25, 0.3) is 11.2 Å². The molecule has 2 aromatic heterocycles. The number of imidazole rings is 1. The van der Waals surface area contributed by atoms with Gasteiger partial charge in [-0.15, -0.1) is 0 Å². The molecule has 1 aliphatic heterocycles. The van der Waals surface area contributed by atoms with Crippen molar-refractivity contribution in [3.8, 4) is 0 Å². The maximum absolute atomic E-state index is 11.0. The monoisotopic (exact) mass is 505 g/mol. The van der Waals surface area contributed by atoms with Crippen LogP contribution < -0.4 is 16.1 Å². The van der Waals surface area contributed by atoms with Gasteiger partial charge in [-0.2, -0.15) is 0 Å². The van der Waals surface area contributed by atoms with Crippen LogP contribution in [-0.4, -0.2) is 63.0 Å². The molecule has 5 rings (SSSR count). The summed E-state index contributed by atoms with van der Waals surface area (Å²) in [6.07, 6.45) is -1.20. The third-order valence-electron chi connectivity index (χ3n) is 6.88. The molecule has 0 amide bonds. The fourth-order valence-corrected chi connectivity index (χ4v) is 9.69. The highest BCUT2D eigenvalue weighted by Crippen LogP contribution is 2.38. The first-order valence-electron chi connectivity index (χ1n) is 11.9. The first kappa shape index (κ1) is 24.5. The SMILES string of the molecule is CC(C)(C)[Si](OC[C@H]1O[C@@H](n2cnc3c(N)ncnc32)[C@H](O)[C@@H]1O)(c1ccccc1)c1ccccc1. The van der Waals surface area contributed by atoms with Gasteiger partial charge in [0.05, 0.1) is 12.9 Å². The van der Waals surface area contributed by atoms with Gasteiger partial charge >= 0.3 is 0 Å². The van der Waals surface area contributed by atoms with Crippen molar-refractivity contribution in [2.24, 2.45) is 0 Å². The highest BCUT2D eigenvalue weighted by molar-refractivity contribution is 6.99. The number of aromatic nitrogens is 4. The van der Waals surface area contributed by atoms with E-state index in [9.17, 15) is 10.2 Å². The second kappa shape index (κ2) is 9.38. The highest BCUT2D eigenvalue weighted by atomic mass is 28.4. The van der Waals surface area contributed by atoms with E-state index in [0.29, 0.717) is 11.2 Å². The second-order valence-electron chi connectivity index (χ2n) is 10.1. The smallest absolute Gasteiger partial charge is 0.261 e. The Hall–Kier alpha value is -3.15. The number of benzene rings is 2. The summed E-state index contributed by atoms with van der Waals surface area (Å²) in [4.78, 5) is 12.5. The molecule has 0 aliphatic carbocycles. The topological polar surface area (TPSA) is 129 Å². The zero-order valence-electron chi connectivity index (χ0n) is 20.5. The summed E-state index contributed by atoms with van der Waals surface area (Å²) in [5, 5.41) is 23.9. The predicted molar refractivity (Wildman–Crippen MR) is 139 cm³/mol. The lowest BCUT2D eigenvalue weighted by molar-refractivity contribution is -0.0486. The van der Waals surface area contributed by atoms with Crippen LogP contribution in [0, 0.1) is 0 Å². The summed E-state index contributed by atoms with van der Waals surface area (Å²) in [5.41, 5.74) is 6.74. The molecule has 4 atom stereocenters. The summed E-state index contributed by atoms with van der Waals surface area (Å²) in [5.74, 6) is 0.235. The molecule has 1 saturated heterocycles. The Morgan fingerprint density at radius 2 is 1.56 bits per heavy atom. The summed E-state index contributed by atoms with van der Waals surface area (Å²) in [6, 6.07) is 20.5. The van der Waals surface area contributed by atoms with E-state index in [0.717, 1.165) is 10.4 Å². The van der Waals surface area contributed by atoms with Gasteiger partial charge < -0.3 is 25.1 Å². The van der Waals surface area contributed by atoms with Crippen LogP contribution in [0.15, 0.2) is 73.3 Å². The van der Waals surface area contributed by atoms with Gasteiger partial charge in [0.2, 0.25) is 0 Å². The van der Waals surface area contributed by atoms with E-state index in [4.69, 9.17) is 14.9 Å². The molecule has 0 unspecified atom stereocenters. The normalized spacial score (nSPS) is 22.8. The van der Waals surface area contributed by atoms with Gasteiger partial charge in [-0.25, -0.2) is 15.0 Å². The number of nitrogens with two attached hydrogens (primary N) is 1. The summed E-state index contributed by atoms with van der Waals surface area (Å²) >= 11 is 0. The maximum atomic E-state index is 11.0. The van der Waals surface area contributed by atoms with Gasteiger partial charge in [-0.1, -0.05) is 81.4 Å². The van der Waals surface area contributed by atoms with Crippen molar-refractivity contribution in [3.05, 3.63) is 73.3 Å². The van der Waals surface area contributed by atoms with Crippen LogP contribution >= 0.6 is 0 Å². The van der Waals surface area contributed by atoms with E-state index in [1.54, 1.807) is 4.57 Å². The number of fused-ring (bicyclic) bond motifs is 1. The van der Waals surface area contributed by atoms with E-state index < -0.39 is 32.9 Å². The predicted octanol–water partition coefficient (Wildman–Crippen LogP) is 1.60. The number of aliphatic hydroxyl groups is 2. The molecule has 10 heteroatoms. The summed E-state index contributed by atoms with van der Waals surface area (Å²) < 4.78 is 14.7. The molecular weight excluding hydrogens is 474 g/mol. The average Bonchev–Trinajstić information content (AvgIpc) is 3.42. The fourth-order valence-electron chi connectivity index (χ4n) is 5.12. The molecular formula is C26H31N5O4Si. The Morgan fingerprint density at radius 1 is 0.944 bits per heavy atom. The van der Waals surface area contributed by atoms with Gasteiger partial charge in [0.25, 0.3) is 8.32 Å². The van der Waals surface area contributed by atoms with Gasteiger partial charge in [0, 0.05) is 0 Å². The number of hydrogen-bond acceptors (Lipinski definition) is 8. The molecule has 0 spiro atoms. The van der Waals surface area contributed by atoms with Crippen molar-refractivity contribution in [1.82, 2.24) is 19.5 Å². The molecule has 0 bridgehead atoms. The number of anilines is 1. The van der Waals surface area contributed by atoms with Crippen molar-refractivity contribution in [2.75, 3.05) is 12.3 Å². The molecule has 1 aliphatic rings. The Balaban J connectivity index is 1.48. The number of ether oxygens (including phenoxy) is 1. The summed E-state index contributed by atoms with van der Waals surface area (Å²) in [7, 11) is -2.84. The lowest BCUT2D eigenvalue weighted by Crippen LogP contribution is -2.67.